The quantitative estimate of drug-likeness (QED) is 0.125. The van der Waals surface area contributed by atoms with Gasteiger partial charge in [0.15, 0.2) is 17.4 Å². The van der Waals surface area contributed by atoms with Gasteiger partial charge in [-0.2, -0.15) is 15.1 Å². The number of aromatic nitrogens is 4. The van der Waals surface area contributed by atoms with Crippen molar-refractivity contribution in [2.75, 3.05) is 19.5 Å². The SMILES string of the molecule is COc1nc(N)nc2c1ncn2C1OC(COP(=O)(NC(C)C(=O)OCc2ccccc2)Oc2cccc3ccccc23)CC1(C)O. The number of nitrogens with zero attached hydrogens (tertiary/aromatic N) is 4. The van der Waals surface area contributed by atoms with Gasteiger partial charge in [0, 0.05) is 11.8 Å². The minimum absolute atomic E-state index is 0.0392. The molecular weight excluding hydrogens is 627 g/mol. The molecule has 5 atom stereocenters. The van der Waals surface area contributed by atoms with Crippen molar-refractivity contribution in [1.29, 1.82) is 0 Å². The summed E-state index contributed by atoms with van der Waals surface area (Å²) in [6, 6.07) is 20.9. The van der Waals surface area contributed by atoms with E-state index in [4.69, 9.17) is 29.0 Å². The molecular formula is C32H35N6O8P. The summed E-state index contributed by atoms with van der Waals surface area (Å²) < 4.78 is 44.8. The third kappa shape index (κ3) is 7.07. The maximum absolute atomic E-state index is 14.4. The number of esters is 1. The number of hydrogen-bond donors (Lipinski definition) is 3. The average molecular weight is 663 g/mol. The van der Waals surface area contributed by atoms with E-state index in [1.54, 1.807) is 19.1 Å². The fraction of sp³-hybridized carbons (Fsp3) is 0.312. The fourth-order valence-electron chi connectivity index (χ4n) is 5.44. The zero-order chi connectivity index (χ0) is 33.2. The molecule has 47 heavy (non-hydrogen) atoms. The fourth-order valence-corrected chi connectivity index (χ4v) is 6.98. The Balaban J connectivity index is 1.21. The topological polar surface area (TPSA) is 182 Å². The smallest absolute Gasteiger partial charge is 0.459 e. The van der Waals surface area contributed by atoms with E-state index < -0.39 is 37.7 Å². The van der Waals surface area contributed by atoms with Crippen LogP contribution in [0.25, 0.3) is 21.9 Å². The maximum atomic E-state index is 14.4. The first-order valence-corrected chi connectivity index (χ1v) is 16.4. The number of carbonyl (C=O) groups is 1. The largest absolute Gasteiger partial charge is 0.479 e. The summed E-state index contributed by atoms with van der Waals surface area (Å²) >= 11 is 0. The van der Waals surface area contributed by atoms with Crippen LogP contribution in [0.15, 0.2) is 79.1 Å². The number of fused-ring (bicyclic) bond motifs is 2. The van der Waals surface area contributed by atoms with Crippen molar-refractivity contribution in [3.05, 3.63) is 84.7 Å². The maximum Gasteiger partial charge on any atom is 0.459 e. The standard InChI is InChI=1S/C32H35N6O8P/c1-20(29(39)43-17-21-10-5-4-6-11-21)37-47(41,46-25-15-9-13-22-12-7-8-14-24(22)25)44-18-23-16-32(2,40)30(45-23)38-19-34-26-27(38)35-31(33)36-28(26)42-3/h4-15,19-20,23,30,40H,16-18H2,1-3H3,(H,37,41)(H2,33,35,36). The average Bonchev–Trinajstić information content (AvgIpc) is 3.61. The summed E-state index contributed by atoms with van der Waals surface area (Å²) in [5, 5.41) is 15.7. The molecule has 0 amide bonds. The molecule has 5 unspecified atom stereocenters. The lowest BCUT2D eigenvalue weighted by atomic mass is 10.0. The molecule has 0 radical (unpaired) electrons. The van der Waals surface area contributed by atoms with Crippen molar-refractivity contribution in [1.82, 2.24) is 24.6 Å². The molecule has 14 nitrogen and oxygen atoms in total. The molecule has 15 heteroatoms. The molecule has 5 aromatic rings. The van der Waals surface area contributed by atoms with Crippen LogP contribution in [-0.2, 0) is 30.0 Å². The van der Waals surface area contributed by atoms with Crippen molar-refractivity contribution < 1.29 is 37.7 Å². The van der Waals surface area contributed by atoms with Gasteiger partial charge in [0.2, 0.25) is 11.8 Å². The number of hydrogen-bond acceptors (Lipinski definition) is 12. The van der Waals surface area contributed by atoms with Gasteiger partial charge in [-0.25, -0.2) is 9.55 Å². The number of nitrogen functional groups attached to an aromatic ring is 1. The van der Waals surface area contributed by atoms with Gasteiger partial charge < -0.3 is 29.6 Å². The molecule has 1 aliphatic rings. The van der Waals surface area contributed by atoms with E-state index in [0.717, 1.165) is 10.9 Å². The second kappa shape index (κ2) is 13.3. The van der Waals surface area contributed by atoms with E-state index in [1.165, 1.54) is 24.9 Å². The Morgan fingerprint density at radius 2 is 1.89 bits per heavy atom. The molecule has 3 heterocycles. The van der Waals surface area contributed by atoms with Crippen LogP contribution < -0.4 is 20.1 Å². The van der Waals surface area contributed by atoms with E-state index in [-0.39, 0.29) is 37.2 Å². The van der Waals surface area contributed by atoms with Crippen molar-refractivity contribution in [2.24, 2.45) is 0 Å². The van der Waals surface area contributed by atoms with Crippen LogP contribution in [0.5, 0.6) is 11.6 Å². The number of imidazole rings is 1. The van der Waals surface area contributed by atoms with Crippen LogP contribution >= 0.6 is 7.75 Å². The van der Waals surface area contributed by atoms with E-state index >= 15 is 0 Å². The Labute approximate surface area is 270 Å². The Bertz CT molecular complexity index is 1930. The van der Waals surface area contributed by atoms with Crippen molar-refractivity contribution in [3.63, 3.8) is 0 Å². The van der Waals surface area contributed by atoms with Gasteiger partial charge in [-0.3, -0.25) is 13.9 Å². The second-order valence-corrected chi connectivity index (χ2v) is 13.1. The lowest BCUT2D eigenvalue weighted by molar-refractivity contribution is -0.146. The highest BCUT2D eigenvalue weighted by Gasteiger charge is 2.47. The third-order valence-electron chi connectivity index (χ3n) is 7.67. The molecule has 2 aromatic heterocycles. The molecule has 1 fully saturated rings. The van der Waals surface area contributed by atoms with Crippen molar-refractivity contribution in [3.8, 4) is 11.6 Å². The highest BCUT2D eigenvalue weighted by Crippen LogP contribution is 2.48. The van der Waals surface area contributed by atoms with Gasteiger partial charge in [0.05, 0.1) is 26.1 Å². The molecule has 4 N–H and O–H groups in total. The summed E-state index contributed by atoms with van der Waals surface area (Å²) in [5.74, 6) is -0.222. The highest BCUT2D eigenvalue weighted by atomic mass is 31.2. The van der Waals surface area contributed by atoms with E-state index in [9.17, 15) is 14.5 Å². The number of rotatable bonds is 12. The predicted molar refractivity (Wildman–Crippen MR) is 172 cm³/mol. The molecule has 1 aliphatic heterocycles. The summed E-state index contributed by atoms with van der Waals surface area (Å²) in [5.41, 5.74) is 5.90. The normalized spacial score (nSPS) is 21.4. The third-order valence-corrected chi connectivity index (χ3v) is 9.30. The number of anilines is 1. The van der Waals surface area contributed by atoms with Crippen LogP contribution in [0.3, 0.4) is 0 Å². The van der Waals surface area contributed by atoms with Gasteiger partial charge in [-0.1, -0.05) is 66.7 Å². The molecule has 0 bridgehead atoms. The van der Waals surface area contributed by atoms with E-state index in [2.05, 4.69) is 20.0 Å². The zero-order valence-electron chi connectivity index (χ0n) is 26.0. The highest BCUT2D eigenvalue weighted by molar-refractivity contribution is 7.52. The molecule has 1 saturated heterocycles. The van der Waals surface area contributed by atoms with Crippen LogP contribution in [0.4, 0.5) is 5.95 Å². The van der Waals surface area contributed by atoms with Gasteiger partial charge >= 0.3 is 13.7 Å². The summed E-state index contributed by atoms with van der Waals surface area (Å²) in [6.45, 7) is 2.88. The van der Waals surface area contributed by atoms with E-state index in [0.29, 0.717) is 16.6 Å². The van der Waals surface area contributed by atoms with Gasteiger partial charge in [0.1, 0.15) is 24.0 Å². The summed E-state index contributed by atoms with van der Waals surface area (Å²) in [4.78, 5) is 25.6. The monoisotopic (exact) mass is 662 g/mol. The lowest BCUT2D eigenvalue weighted by Gasteiger charge is -2.25. The van der Waals surface area contributed by atoms with Crippen LogP contribution in [0, 0.1) is 0 Å². The first-order chi connectivity index (χ1) is 22.5. The van der Waals surface area contributed by atoms with Gasteiger partial charge in [-0.05, 0) is 30.9 Å². The second-order valence-electron chi connectivity index (χ2n) is 11.4. The Hall–Kier alpha value is -4.59. The van der Waals surface area contributed by atoms with Crippen LogP contribution in [0.2, 0.25) is 0 Å². The molecule has 3 aromatic carbocycles. The number of methoxy groups -OCH3 is 1. The molecule has 0 aliphatic carbocycles. The van der Waals surface area contributed by atoms with Gasteiger partial charge in [-0.15, -0.1) is 0 Å². The number of aliphatic hydroxyl groups is 1. The number of carbonyl (C=O) groups excluding carboxylic acids is 1. The van der Waals surface area contributed by atoms with E-state index in [1.807, 2.05) is 60.7 Å². The summed E-state index contributed by atoms with van der Waals surface area (Å²) in [7, 11) is -2.83. The molecule has 0 spiro atoms. The zero-order valence-corrected chi connectivity index (χ0v) is 26.9. The number of nitrogens with one attached hydrogen (secondary N) is 1. The Morgan fingerprint density at radius 1 is 1.15 bits per heavy atom. The predicted octanol–water partition coefficient (Wildman–Crippen LogP) is 4.53. The van der Waals surface area contributed by atoms with Crippen molar-refractivity contribution >= 4 is 41.6 Å². The van der Waals surface area contributed by atoms with Crippen molar-refractivity contribution in [2.45, 2.75) is 50.8 Å². The summed E-state index contributed by atoms with van der Waals surface area (Å²) in [6.07, 6.45) is -0.168. The van der Waals surface area contributed by atoms with Crippen LogP contribution in [-0.4, -0.2) is 62.1 Å². The molecule has 0 saturated carbocycles. The first-order valence-electron chi connectivity index (χ1n) is 14.9. The molecule has 246 valence electrons. The minimum Gasteiger partial charge on any atom is -0.479 e. The Morgan fingerprint density at radius 3 is 2.68 bits per heavy atom. The Kier molecular flexibility index (Phi) is 9.13. The number of nitrogens with two attached hydrogens (primary N) is 1. The van der Waals surface area contributed by atoms with Gasteiger partial charge in [0.25, 0.3) is 0 Å². The number of ether oxygens (including phenoxy) is 3. The van der Waals surface area contributed by atoms with Crippen LogP contribution in [0.1, 0.15) is 32.1 Å². The molecule has 6 rings (SSSR count). The number of benzene rings is 3. The first kappa shape index (κ1) is 32.4. The lowest BCUT2D eigenvalue weighted by Crippen LogP contribution is -2.35. The minimum atomic E-state index is -4.27.